The standard InChI is InChI=1S/C10H12Cl2N4.C10H14N4O2/c1-2-3-4-5-16-6-7-8(11)13-10(12)14-9(7)15-16;1-2-3-4-5-14-6-7-8(13-14)11-10(16)12-9(7)15/h6H,2-5H2,1H3;6H,2-5H2,1H3,(H2,11,12,13,15,16). The van der Waals surface area contributed by atoms with Crippen LogP contribution in [0, 0.1) is 0 Å². The summed E-state index contributed by atoms with van der Waals surface area (Å²) < 4.78 is 3.54. The van der Waals surface area contributed by atoms with Crippen molar-refractivity contribution in [2.75, 3.05) is 0 Å². The summed E-state index contributed by atoms with van der Waals surface area (Å²) in [5, 5.41) is 10.1. The number of halogens is 2. The van der Waals surface area contributed by atoms with Crippen LogP contribution in [-0.4, -0.2) is 39.5 Å². The SMILES string of the molecule is CCCCCn1cc2c(=O)[nH]c(=O)[nH]c2n1.CCCCCn1cc2c(Cl)nc(Cl)nc2n1. The fraction of sp³-hybridized carbons (Fsp3) is 0.500. The summed E-state index contributed by atoms with van der Waals surface area (Å²) in [7, 11) is 0. The summed E-state index contributed by atoms with van der Waals surface area (Å²) in [5.74, 6) is 0. The number of nitrogens with one attached hydrogen (secondary N) is 2. The molecule has 0 radical (unpaired) electrons. The molecule has 0 fully saturated rings. The van der Waals surface area contributed by atoms with E-state index in [1.807, 2.05) is 10.9 Å². The van der Waals surface area contributed by atoms with Crippen molar-refractivity contribution in [3.05, 3.63) is 43.7 Å². The minimum absolute atomic E-state index is 0.135. The summed E-state index contributed by atoms with van der Waals surface area (Å²) in [5.41, 5.74) is 0.00328. The minimum atomic E-state index is -0.517. The molecule has 0 amide bonds. The highest BCUT2D eigenvalue weighted by Gasteiger charge is 2.09. The quantitative estimate of drug-likeness (QED) is 0.223. The summed E-state index contributed by atoms with van der Waals surface area (Å²) in [6, 6.07) is 0. The van der Waals surface area contributed by atoms with Crippen molar-refractivity contribution in [2.45, 2.75) is 65.5 Å². The molecule has 2 N–H and O–H groups in total. The lowest BCUT2D eigenvalue weighted by atomic mass is 10.2. The number of hydrogen-bond acceptors (Lipinski definition) is 6. The summed E-state index contributed by atoms with van der Waals surface area (Å²) in [6.07, 6.45) is 10.3. The van der Waals surface area contributed by atoms with Gasteiger partial charge in [0.25, 0.3) is 5.56 Å². The maximum absolute atomic E-state index is 11.4. The van der Waals surface area contributed by atoms with E-state index in [1.165, 1.54) is 12.8 Å². The van der Waals surface area contributed by atoms with E-state index < -0.39 is 5.69 Å². The van der Waals surface area contributed by atoms with Gasteiger partial charge in [-0.25, -0.2) is 9.78 Å². The molecule has 4 aromatic rings. The molecule has 0 atom stereocenters. The van der Waals surface area contributed by atoms with Gasteiger partial charge in [0.15, 0.2) is 11.3 Å². The van der Waals surface area contributed by atoms with Gasteiger partial charge in [-0.3, -0.25) is 24.1 Å². The van der Waals surface area contributed by atoms with Crippen LogP contribution in [0.15, 0.2) is 22.0 Å². The summed E-state index contributed by atoms with van der Waals surface area (Å²) >= 11 is 11.7. The molecule has 4 rings (SSSR count). The number of H-pyrrole nitrogens is 2. The number of nitrogens with zero attached hydrogens (tertiary/aromatic N) is 6. The molecule has 0 aliphatic heterocycles. The van der Waals surface area contributed by atoms with Crippen LogP contribution >= 0.6 is 23.2 Å². The number of fused-ring (bicyclic) bond motifs is 2. The number of aromatic amines is 2. The Kier molecular flexibility index (Phi) is 8.40. The predicted molar refractivity (Wildman–Crippen MR) is 125 cm³/mol. The lowest BCUT2D eigenvalue weighted by molar-refractivity contribution is 0.556. The van der Waals surface area contributed by atoms with Gasteiger partial charge in [-0.1, -0.05) is 51.1 Å². The second-order valence-electron chi connectivity index (χ2n) is 7.39. The van der Waals surface area contributed by atoms with Crippen LogP contribution in [0.5, 0.6) is 0 Å². The van der Waals surface area contributed by atoms with Crippen LogP contribution in [0.1, 0.15) is 52.4 Å². The highest BCUT2D eigenvalue weighted by atomic mass is 35.5. The molecule has 0 bridgehead atoms. The van der Waals surface area contributed by atoms with Gasteiger partial charge in [-0.15, -0.1) is 0 Å². The highest BCUT2D eigenvalue weighted by Crippen LogP contribution is 2.20. The van der Waals surface area contributed by atoms with E-state index in [2.05, 4.69) is 44.0 Å². The van der Waals surface area contributed by atoms with Crippen molar-refractivity contribution in [3.8, 4) is 0 Å². The maximum Gasteiger partial charge on any atom is 0.327 e. The van der Waals surface area contributed by atoms with Crippen LogP contribution in [0.2, 0.25) is 10.4 Å². The van der Waals surface area contributed by atoms with E-state index in [0.29, 0.717) is 21.8 Å². The van der Waals surface area contributed by atoms with Gasteiger partial charge in [0.1, 0.15) is 10.5 Å². The second kappa shape index (κ2) is 11.2. The Labute approximate surface area is 194 Å². The Hall–Kier alpha value is -2.72. The van der Waals surface area contributed by atoms with Gasteiger partial charge in [0.2, 0.25) is 5.28 Å². The van der Waals surface area contributed by atoms with Crippen LogP contribution in [0.4, 0.5) is 0 Å². The van der Waals surface area contributed by atoms with E-state index in [1.54, 1.807) is 10.9 Å². The van der Waals surface area contributed by atoms with Gasteiger partial charge in [0.05, 0.1) is 5.39 Å². The molecule has 0 spiro atoms. The Balaban J connectivity index is 0.000000181. The molecule has 4 heterocycles. The lowest BCUT2D eigenvalue weighted by Gasteiger charge is -1.97. The Morgan fingerprint density at radius 3 is 2.12 bits per heavy atom. The number of rotatable bonds is 8. The third-order valence-corrected chi connectivity index (χ3v) is 5.26. The minimum Gasteiger partial charge on any atom is -0.290 e. The van der Waals surface area contributed by atoms with Crippen molar-refractivity contribution in [3.63, 3.8) is 0 Å². The van der Waals surface area contributed by atoms with Crippen molar-refractivity contribution in [2.24, 2.45) is 0 Å². The normalized spacial score (nSPS) is 11.1. The van der Waals surface area contributed by atoms with Gasteiger partial charge in [-0.05, 0) is 24.4 Å². The Bertz CT molecular complexity index is 1290. The van der Waals surface area contributed by atoms with Crippen LogP contribution in [0.3, 0.4) is 0 Å². The van der Waals surface area contributed by atoms with E-state index in [4.69, 9.17) is 23.2 Å². The molecule has 12 heteroatoms. The fourth-order valence-corrected chi connectivity index (χ4v) is 3.58. The molecule has 4 aromatic heterocycles. The first-order chi connectivity index (χ1) is 15.4. The summed E-state index contributed by atoms with van der Waals surface area (Å²) in [6.45, 7) is 5.94. The molecule has 10 nitrogen and oxygen atoms in total. The van der Waals surface area contributed by atoms with Crippen LogP contribution < -0.4 is 11.2 Å². The molecule has 0 aliphatic carbocycles. The van der Waals surface area contributed by atoms with E-state index in [0.717, 1.165) is 44.2 Å². The molecule has 32 heavy (non-hydrogen) atoms. The molecule has 0 aliphatic rings. The fourth-order valence-electron chi connectivity index (χ4n) is 3.16. The largest absolute Gasteiger partial charge is 0.327 e. The molecular weight excluding hydrogens is 455 g/mol. The third-order valence-electron chi connectivity index (χ3n) is 4.80. The lowest BCUT2D eigenvalue weighted by Crippen LogP contribution is -2.21. The number of hydrogen-bond donors (Lipinski definition) is 2. The Morgan fingerprint density at radius 2 is 1.47 bits per heavy atom. The topological polar surface area (TPSA) is 127 Å². The molecule has 172 valence electrons. The van der Waals surface area contributed by atoms with E-state index in [9.17, 15) is 9.59 Å². The van der Waals surface area contributed by atoms with Crippen LogP contribution in [0.25, 0.3) is 22.1 Å². The van der Waals surface area contributed by atoms with Crippen LogP contribution in [-0.2, 0) is 13.1 Å². The highest BCUT2D eigenvalue weighted by molar-refractivity contribution is 6.35. The number of aromatic nitrogens is 8. The smallest absolute Gasteiger partial charge is 0.290 e. The maximum atomic E-state index is 11.4. The summed E-state index contributed by atoms with van der Waals surface area (Å²) in [4.78, 5) is 35.0. The molecule has 0 unspecified atom stereocenters. The molecule has 0 saturated carbocycles. The third kappa shape index (κ3) is 6.17. The first kappa shape index (κ1) is 23.9. The average molecular weight is 481 g/mol. The molecule has 0 aromatic carbocycles. The Morgan fingerprint density at radius 1 is 0.844 bits per heavy atom. The predicted octanol–water partition coefficient (Wildman–Crippen LogP) is 3.93. The first-order valence-electron chi connectivity index (χ1n) is 10.7. The van der Waals surface area contributed by atoms with Gasteiger partial charge in [0, 0.05) is 25.5 Å². The van der Waals surface area contributed by atoms with Crippen molar-refractivity contribution in [1.29, 1.82) is 0 Å². The van der Waals surface area contributed by atoms with Gasteiger partial charge >= 0.3 is 5.69 Å². The van der Waals surface area contributed by atoms with Gasteiger partial charge in [-0.2, -0.15) is 15.2 Å². The van der Waals surface area contributed by atoms with Gasteiger partial charge < -0.3 is 0 Å². The van der Waals surface area contributed by atoms with E-state index in [-0.39, 0.29) is 10.8 Å². The monoisotopic (exact) mass is 480 g/mol. The molecular formula is C20H26Cl2N8O2. The second-order valence-corrected chi connectivity index (χ2v) is 8.09. The number of aryl methyl sites for hydroxylation is 2. The zero-order chi connectivity index (χ0) is 23.1. The van der Waals surface area contributed by atoms with Crippen molar-refractivity contribution >= 4 is 45.3 Å². The van der Waals surface area contributed by atoms with E-state index >= 15 is 0 Å². The zero-order valence-corrected chi connectivity index (χ0v) is 19.6. The van der Waals surface area contributed by atoms with Crippen molar-refractivity contribution in [1.82, 2.24) is 39.5 Å². The first-order valence-corrected chi connectivity index (χ1v) is 11.4. The number of unbranched alkanes of at least 4 members (excludes halogenated alkanes) is 4. The average Bonchev–Trinajstić information content (AvgIpc) is 3.33. The van der Waals surface area contributed by atoms with Crippen molar-refractivity contribution < 1.29 is 0 Å². The zero-order valence-electron chi connectivity index (χ0n) is 18.1. The molecule has 0 saturated heterocycles.